The van der Waals surface area contributed by atoms with Crippen LogP contribution in [-0.2, 0) is 14.3 Å². The van der Waals surface area contributed by atoms with Crippen molar-refractivity contribution >= 4 is 33.6 Å². The molecule has 0 aliphatic carbocycles. The number of rotatable bonds is 9. The van der Waals surface area contributed by atoms with Crippen LogP contribution >= 0.6 is 15.9 Å². The summed E-state index contributed by atoms with van der Waals surface area (Å²) in [5.41, 5.74) is 0.400. The molecule has 0 aliphatic heterocycles. The van der Waals surface area contributed by atoms with E-state index in [1.54, 1.807) is 23.1 Å². The van der Waals surface area contributed by atoms with Crippen molar-refractivity contribution in [2.24, 2.45) is 0 Å². The number of ether oxygens (including phenoxy) is 2. The number of benzene rings is 1. The van der Waals surface area contributed by atoms with Gasteiger partial charge in [-0.1, -0.05) is 15.9 Å². The maximum Gasteiger partial charge on any atom is 0.306 e. The van der Waals surface area contributed by atoms with Gasteiger partial charge in [-0.25, -0.2) is 0 Å². The zero-order chi connectivity index (χ0) is 19.9. The molecule has 1 rings (SSSR count). The molecule has 7 heteroatoms. The lowest BCUT2D eigenvalue weighted by Crippen LogP contribution is -2.44. The van der Waals surface area contributed by atoms with Crippen molar-refractivity contribution in [2.45, 2.75) is 52.6 Å². The molecule has 0 saturated heterocycles. The van der Waals surface area contributed by atoms with Gasteiger partial charge in [0, 0.05) is 23.0 Å². The summed E-state index contributed by atoms with van der Waals surface area (Å²) in [5.74, 6) is -0.597. The number of amides is 1. The van der Waals surface area contributed by atoms with E-state index in [0.29, 0.717) is 11.3 Å². The van der Waals surface area contributed by atoms with E-state index in [2.05, 4.69) is 15.9 Å². The van der Waals surface area contributed by atoms with Crippen molar-refractivity contribution in [2.75, 3.05) is 13.7 Å². The van der Waals surface area contributed by atoms with Gasteiger partial charge in [-0.05, 0) is 45.9 Å². The molecule has 0 spiro atoms. The lowest BCUT2D eigenvalue weighted by molar-refractivity contribution is -0.153. The van der Waals surface area contributed by atoms with Gasteiger partial charge in [0.2, 0.25) is 0 Å². The molecule has 1 amide bonds. The molecular formula is C19H26BrNO5. The molecule has 0 atom stereocenters. The van der Waals surface area contributed by atoms with Crippen molar-refractivity contribution in [3.63, 3.8) is 0 Å². The topological polar surface area (TPSA) is 72.9 Å². The van der Waals surface area contributed by atoms with Gasteiger partial charge in [-0.3, -0.25) is 14.4 Å². The quantitative estimate of drug-likeness (QED) is 0.444. The van der Waals surface area contributed by atoms with Crippen LogP contribution in [0.3, 0.4) is 0 Å². The molecule has 1 aromatic carbocycles. The highest BCUT2D eigenvalue weighted by atomic mass is 79.9. The SMILES string of the molecule is COc1ccc(Br)cc1C(=O)CCC(=O)OCC(=O)N(C(C)C)C(C)C. The van der Waals surface area contributed by atoms with E-state index in [9.17, 15) is 14.4 Å². The molecule has 0 radical (unpaired) electrons. The smallest absolute Gasteiger partial charge is 0.306 e. The Kier molecular flexibility index (Phi) is 8.78. The number of methoxy groups -OCH3 is 1. The molecule has 0 aromatic heterocycles. The molecule has 0 fully saturated rings. The van der Waals surface area contributed by atoms with Crippen molar-refractivity contribution in [1.82, 2.24) is 4.90 Å². The Labute approximate surface area is 163 Å². The first-order chi connectivity index (χ1) is 12.2. The summed E-state index contributed by atoms with van der Waals surface area (Å²) in [4.78, 5) is 38.0. The second-order valence-electron chi connectivity index (χ2n) is 6.42. The lowest BCUT2D eigenvalue weighted by Gasteiger charge is -2.30. The monoisotopic (exact) mass is 427 g/mol. The fraction of sp³-hybridized carbons (Fsp3) is 0.526. The van der Waals surface area contributed by atoms with Crippen molar-refractivity contribution in [3.05, 3.63) is 28.2 Å². The molecular weight excluding hydrogens is 402 g/mol. The van der Waals surface area contributed by atoms with Crippen molar-refractivity contribution < 1.29 is 23.9 Å². The van der Waals surface area contributed by atoms with Gasteiger partial charge in [0.1, 0.15) is 5.75 Å². The number of hydrogen-bond donors (Lipinski definition) is 0. The predicted molar refractivity (Wildman–Crippen MR) is 102 cm³/mol. The van der Waals surface area contributed by atoms with Crippen LogP contribution in [0.25, 0.3) is 0 Å². The number of esters is 1. The van der Waals surface area contributed by atoms with Gasteiger partial charge in [0.15, 0.2) is 12.4 Å². The molecule has 0 heterocycles. The van der Waals surface area contributed by atoms with Crippen LogP contribution in [0.1, 0.15) is 50.9 Å². The first kappa shape index (κ1) is 22.2. The van der Waals surface area contributed by atoms with Gasteiger partial charge in [-0.15, -0.1) is 0 Å². The van der Waals surface area contributed by atoms with Gasteiger partial charge >= 0.3 is 5.97 Å². The average Bonchev–Trinajstić information content (AvgIpc) is 2.57. The highest BCUT2D eigenvalue weighted by Gasteiger charge is 2.21. The summed E-state index contributed by atoms with van der Waals surface area (Å²) >= 11 is 3.31. The Morgan fingerprint density at radius 1 is 1.08 bits per heavy atom. The van der Waals surface area contributed by atoms with Gasteiger partial charge in [-0.2, -0.15) is 0 Å². The van der Waals surface area contributed by atoms with Crippen LogP contribution in [0, 0.1) is 0 Å². The zero-order valence-corrected chi connectivity index (χ0v) is 17.5. The largest absolute Gasteiger partial charge is 0.496 e. The van der Waals surface area contributed by atoms with Crippen LogP contribution in [-0.4, -0.2) is 48.4 Å². The van der Waals surface area contributed by atoms with E-state index in [0.717, 1.165) is 4.47 Å². The maximum atomic E-state index is 12.3. The average molecular weight is 428 g/mol. The summed E-state index contributed by atoms with van der Waals surface area (Å²) in [7, 11) is 1.48. The normalized spacial score (nSPS) is 10.8. The Balaban J connectivity index is 2.56. The van der Waals surface area contributed by atoms with E-state index in [4.69, 9.17) is 9.47 Å². The van der Waals surface area contributed by atoms with Crippen LogP contribution < -0.4 is 4.74 Å². The molecule has 0 saturated carbocycles. The maximum absolute atomic E-state index is 12.3. The van der Waals surface area contributed by atoms with Gasteiger partial charge < -0.3 is 14.4 Å². The molecule has 26 heavy (non-hydrogen) atoms. The third-order valence-corrected chi connectivity index (χ3v) is 4.27. The summed E-state index contributed by atoms with van der Waals surface area (Å²) in [6, 6.07) is 5.14. The van der Waals surface area contributed by atoms with Crippen LogP contribution in [0.5, 0.6) is 5.75 Å². The third kappa shape index (κ3) is 6.44. The Hall–Kier alpha value is -1.89. The zero-order valence-electron chi connectivity index (χ0n) is 15.9. The van der Waals surface area contributed by atoms with Crippen LogP contribution in [0.2, 0.25) is 0 Å². The number of nitrogens with zero attached hydrogens (tertiary/aromatic N) is 1. The van der Waals surface area contributed by atoms with E-state index < -0.39 is 5.97 Å². The molecule has 6 nitrogen and oxygen atoms in total. The minimum atomic E-state index is -0.576. The second-order valence-corrected chi connectivity index (χ2v) is 7.33. The minimum Gasteiger partial charge on any atom is -0.496 e. The van der Waals surface area contributed by atoms with Crippen molar-refractivity contribution in [1.29, 1.82) is 0 Å². The molecule has 0 unspecified atom stereocenters. The molecule has 0 N–H and O–H groups in total. The summed E-state index contributed by atoms with van der Waals surface area (Å²) in [6.07, 6.45) is -0.108. The van der Waals surface area contributed by atoms with Crippen LogP contribution in [0.15, 0.2) is 22.7 Å². The second kappa shape index (κ2) is 10.3. The number of halogens is 1. The Morgan fingerprint density at radius 3 is 2.23 bits per heavy atom. The van der Waals surface area contributed by atoms with E-state index >= 15 is 0 Å². The van der Waals surface area contributed by atoms with E-state index in [1.165, 1.54) is 7.11 Å². The first-order valence-corrected chi connectivity index (χ1v) is 9.30. The fourth-order valence-electron chi connectivity index (χ4n) is 2.71. The highest BCUT2D eigenvalue weighted by Crippen LogP contribution is 2.24. The lowest BCUT2D eigenvalue weighted by atomic mass is 10.1. The molecule has 144 valence electrons. The molecule has 0 bridgehead atoms. The third-order valence-electron chi connectivity index (χ3n) is 3.78. The van der Waals surface area contributed by atoms with E-state index in [1.807, 2.05) is 27.7 Å². The summed E-state index contributed by atoms with van der Waals surface area (Å²) < 4.78 is 10.9. The van der Waals surface area contributed by atoms with Gasteiger partial charge in [0.05, 0.1) is 19.1 Å². The number of ketones is 1. The number of hydrogen-bond acceptors (Lipinski definition) is 5. The number of Topliss-reactive ketones (excluding diaryl/α,β-unsaturated/α-hetero) is 1. The van der Waals surface area contributed by atoms with Crippen LogP contribution in [0.4, 0.5) is 0 Å². The highest BCUT2D eigenvalue weighted by molar-refractivity contribution is 9.10. The number of carbonyl (C=O) groups is 3. The minimum absolute atomic E-state index is 0.0160. The van der Waals surface area contributed by atoms with Gasteiger partial charge in [0.25, 0.3) is 5.91 Å². The van der Waals surface area contributed by atoms with Crippen molar-refractivity contribution in [3.8, 4) is 5.75 Å². The Morgan fingerprint density at radius 2 is 1.69 bits per heavy atom. The fourth-order valence-corrected chi connectivity index (χ4v) is 3.07. The standard InChI is InChI=1S/C19H26BrNO5/c1-12(2)21(13(3)4)18(23)11-26-19(24)9-7-16(22)15-10-14(20)6-8-17(15)25-5/h6,8,10,12-13H,7,9,11H2,1-5H3. The molecule has 0 aliphatic rings. The summed E-state index contributed by atoms with van der Waals surface area (Å²) in [6.45, 7) is 7.31. The predicted octanol–water partition coefficient (Wildman–Crippen LogP) is 3.61. The molecule has 1 aromatic rings. The van der Waals surface area contributed by atoms with E-state index in [-0.39, 0.29) is 43.2 Å². The first-order valence-electron chi connectivity index (χ1n) is 8.50. The number of carbonyl (C=O) groups excluding carboxylic acids is 3. The summed E-state index contributed by atoms with van der Waals surface area (Å²) in [5, 5.41) is 0. The Bertz CT molecular complexity index is 649.